The number of methoxy groups -OCH3 is 1. The highest BCUT2D eigenvalue weighted by molar-refractivity contribution is 5.92. The highest BCUT2D eigenvalue weighted by Gasteiger charge is 2.50. The average molecular weight is 370 g/mol. The van der Waals surface area contributed by atoms with E-state index in [2.05, 4.69) is 43.1 Å². The van der Waals surface area contributed by atoms with Gasteiger partial charge in [-0.3, -0.25) is 5.43 Å². The van der Waals surface area contributed by atoms with Crippen LogP contribution in [0.25, 0.3) is 0 Å². The van der Waals surface area contributed by atoms with Crippen LogP contribution in [0.4, 0.5) is 0 Å². The fourth-order valence-corrected chi connectivity index (χ4v) is 4.24. The zero-order chi connectivity index (χ0) is 19.5. The van der Waals surface area contributed by atoms with Gasteiger partial charge < -0.3 is 9.15 Å². The van der Waals surface area contributed by atoms with Crippen molar-refractivity contribution in [3.63, 3.8) is 0 Å². The maximum absolute atomic E-state index is 12.6. The Morgan fingerprint density at radius 1 is 1.52 bits per heavy atom. The van der Waals surface area contributed by atoms with Crippen LogP contribution in [-0.4, -0.2) is 24.8 Å². The minimum atomic E-state index is -0.977. The number of rotatable bonds is 4. The molecule has 5 heteroatoms. The van der Waals surface area contributed by atoms with Crippen LogP contribution in [-0.2, 0) is 16.0 Å². The van der Waals surface area contributed by atoms with Crippen LogP contribution in [0.5, 0.6) is 0 Å². The summed E-state index contributed by atoms with van der Waals surface area (Å²) in [5, 5.41) is 4.19. The second-order valence-electron chi connectivity index (χ2n) is 8.18. The minimum Gasteiger partial charge on any atom is -0.472 e. The molecule has 0 saturated heterocycles. The number of allylic oxidation sites excluding steroid dienone is 1. The molecule has 2 aliphatic rings. The normalized spacial score (nSPS) is 34.6. The van der Waals surface area contributed by atoms with Crippen molar-refractivity contribution >= 4 is 12.2 Å². The van der Waals surface area contributed by atoms with Gasteiger partial charge in [-0.05, 0) is 60.6 Å². The van der Waals surface area contributed by atoms with Crippen molar-refractivity contribution in [2.24, 2.45) is 22.4 Å². The van der Waals surface area contributed by atoms with Crippen molar-refractivity contribution in [1.82, 2.24) is 5.43 Å². The molecule has 1 aromatic rings. The summed E-state index contributed by atoms with van der Waals surface area (Å²) in [7, 11) is 1.42. The molecule has 3 rings (SSSR count). The van der Waals surface area contributed by atoms with Crippen LogP contribution in [0.2, 0.25) is 0 Å². The van der Waals surface area contributed by atoms with Gasteiger partial charge in [0.1, 0.15) is 0 Å². The van der Waals surface area contributed by atoms with E-state index in [0.717, 1.165) is 37.7 Å². The first kappa shape index (κ1) is 19.5. The lowest BCUT2D eigenvalue weighted by molar-refractivity contribution is -0.147. The number of fused-ring (bicyclic) bond motifs is 1. The first-order valence-corrected chi connectivity index (χ1v) is 9.67. The predicted octanol–water partition coefficient (Wildman–Crippen LogP) is 4.27. The van der Waals surface area contributed by atoms with Gasteiger partial charge in [0.25, 0.3) is 0 Å². The molecule has 0 amide bonds. The van der Waals surface area contributed by atoms with Crippen LogP contribution in [0.15, 0.2) is 52.4 Å². The Balaban J connectivity index is 1.83. The van der Waals surface area contributed by atoms with Gasteiger partial charge in [-0.1, -0.05) is 32.6 Å². The van der Waals surface area contributed by atoms with E-state index >= 15 is 0 Å². The fourth-order valence-electron chi connectivity index (χ4n) is 4.24. The molecule has 1 aliphatic carbocycles. The van der Waals surface area contributed by atoms with Crippen molar-refractivity contribution in [1.29, 1.82) is 0 Å². The molecule has 27 heavy (non-hydrogen) atoms. The lowest BCUT2D eigenvalue weighted by Crippen LogP contribution is -2.54. The molecule has 146 valence electrons. The number of nitrogens with zero attached hydrogens (tertiary/aromatic N) is 1. The molecular weight excluding hydrogens is 340 g/mol. The molecule has 0 bridgehead atoms. The Labute approximate surface area is 161 Å². The fraction of sp³-hybridized carbons (Fsp3) is 0.545. The molecule has 1 aliphatic heterocycles. The first-order chi connectivity index (χ1) is 12.9. The van der Waals surface area contributed by atoms with E-state index in [-0.39, 0.29) is 17.3 Å². The van der Waals surface area contributed by atoms with E-state index in [1.165, 1.54) is 12.7 Å². The SMILES string of the molecule is C=C1CC[C@@H](C)[C@@](C)(CCc2ccoc2)C/C=C\[C@@H]2C=NN[C@]12C(=O)OC. The zero-order valence-corrected chi connectivity index (χ0v) is 16.5. The van der Waals surface area contributed by atoms with Crippen LogP contribution >= 0.6 is 0 Å². The smallest absolute Gasteiger partial charge is 0.338 e. The highest BCUT2D eigenvalue weighted by atomic mass is 16.5. The van der Waals surface area contributed by atoms with Crippen molar-refractivity contribution in [2.75, 3.05) is 7.11 Å². The summed E-state index contributed by atoms with van der Waals surface area (Å²) < 4.78 is 10.3. The summed E-state index contributed by atoms with van der Waals surface area (Å²) in [6.07, 6.45) is 14.4. The average Bonchev–Trinajstić information content (AvgIpc) is 3.33. The van der Waals surface area contributed by atoms with Crippen molar-refractivity contribution in [3.8, 4) is 0 Å². The Morgan fingerprint density at radius 2 is 2.33 bits per heavy atom. The Hall–Kier alpha value is -2.30. The van der Waals surface area contributed by atoms with E-state index < -0.39 is 5.54 Å². The number of carbonyl (C=O) groups is 1. The molecule has 1 aromatic heterocycles. The number of ether oxygens (including phenoxy) is 1. The highest BCUT2D eigenvalue weighted by Crippen LogP contribution is 2.43. The number of nitrogens with one attached hydrogen (secondary N) is 1. The summed E-state index contributed by atoms with van der Waals surface area (Å²) in [5.74, 6) is -0.0149. The summed E-state index contributed by atoms with van der Waals surface area (Å²) in [5.41, 5.74) is 4.28. The molecule has 0 aromatic carbocycles. The Kier molecular flexibility index (Phi) is 5.59. The maximum atomic E-state index is 12.6. The number of aryl methyl sites for hydroxylation is 1. The van der Waals surface area contributed by atoms with Gasteiger partial charge in [-0.2, -0.15) is 5.10 Å². The quantitative estimate of drug-likeness (QED) is 0.635. The molecule has 4 atom stereocenters. The van der Waals surface area contributed by atoms with E-state index in [1.807, 2.05) is 12.3 Å². The topological polar surface area (TPSA) is 63.8 Å². The lowest BCUT2D eigenvalue weighted by atomic mass is 9.67. The van der Waals surface area contributed by atoms with Crippen molar-refractivity contribution in [3.05, 3.63) is 48.5 Å². The van der Waals surface area contributed by atoms with Gasteiger partial charge in [0.05, 0.1) is 25.6 Å². The van der Waals surface area contributed by atoms with Gasteiger partial charge in [0, 0.05) is 6.21 Å². The Bertz CT molecular complexity index is 737. The van der Waals surface area contributed by atoms with Crippen LogP contribution in [0.1, 0.15) is 45.1 Å². The lowest BCUT2D eigenvalue weighted by Gasteiger charge is -2.39. The monoisotopic (exact) mass is 370 g/mol. The summed E-state index contributed by atoms with van der Waals surface area (Å²) in [6, 6.07) is 2.04. The maximum Gasteiger partial charge on any atom is 0.338 e. The summed E-state index contributed by atoms with van der Waals surface area (Å²) >= 11 is 0. The number of esters is 1. The molecule has 1 N–H and O–H groups in total. The van der Waals surface area contributed by atoms with E-state index in [1.54, 1.807) is 12.5 Å². The van der Waals surface area contributed by atoms with Crippen molar-refractivity contribution < 1.29 is 13.9 Å². The molecular formula is C22H30N2O3. The summed E-state index contributed by atoms with van der Waals surface area (Å²) in [6.45, 7) is 8.92. The molecule has 0 fully saturated rings. The molecule has 0 saturated carbocycles. The van der Waals surface area contributed by atoms with E-state index in [9.17, 15) is 4.79 Å². The van der Waals surface area contributed by atoms with Crippen LogP contribution in [0.3, 0.4) is 0 Å². The van der Waals surface area contributed by atoms with Gasteiger partial charge >= 0.3 is 5.97 Å². The third-order valence-electron chi connectivity index (χ3n) is 6.60. The number of hydrogen-bond donors (Lipinski definition) is 1. The van der Waals surface area contributed by atoms with Gasteiger partial charge in [-0.15, -0.1) is 0 Å². The molecule has 5 nitrogen and oxygen atoms in total. The Morgan fingerprint density at radius 3 is 3.04 bits per heavy atom. The third kappa shape index (κ3) is 3.60. The van der Waals surface area contributed by atoms with Gasteiger partial charge in [0.2, 0.25) is 0 Å². The largest absolute Gasteiger partial charge is 0.472 e. The molecule has 0 spiro atoms. The number of furan rings is 1. The zero-order valence-electron chi connectivity index (χ0n) is 16.5. The molecule has 0 radical (unpaired) electrons. The molecule has 0 unspecified atom stereocenters. The van der Waals surface area contributed by atoms with Gasteiger partial charge in [0.15, 0.2) is 5.54 Å². The predicted molar refractivity (Wildman–Crippen MR) is 106 cm³/mol. The van der Waals surface area contributed by atoms with Crippen LogP contribution < -0.4 is 5.43 Å². The number of hydrogen-bond acceptors (Lipinski definition) is 5. The summed E-state index contributed by atoms with van der Waals surface area (Å²) in [4.78, 5) is 12.6. The van der Waals surface area contributed by atoms with E-state index in [0.29, 0.717) is 5.92 Å². The first-order valence-electron chi connectivity index (χ1n) is 9.67. The second kappa shape index (κ2) is 7.75. The number of carbonyl (C=O) groups excluding carboxylic acids is 1. The third-order valence-corrected chi connectivity index (χ3v) is 6.60. The second-order valence-corrected chi connectivity index (χ2v) is 8.18. The standard InChI is InChI=1S/C22H30N2O3/c1-16-7-8-17(2)22(20(25)26-4)19(14-23-24-22)6-5-11-21(16,3)12-9-18-10-13-27-15-18/h5-6,10,13-16,19,24H,2,7-9,11-12H2,1,3-4H3/b6-5-/t16-,19-,21-,22-/m1/s1. The van der Waals surface area contributed by atoms with Gasteiger partial charge in [-0.25, -0.2) is 4.79 Å². The minimum absolute atomic E-state index is 0.169. The van der Waals surface area contributed by atoms with Crippen LogP contribution in [0, 0.1) is 17.3 Å². The number of hydrazone groups is 1. The van der Waals surface area contributed by atoms with E-state index in [4.69, 9.17) is 9.15 Å². The van der Waals surface area contributed by atoms with Crippen molar-refractivity contribution in [2.45, 2.75) is 51.5 Å². The molecule has 2 heterocycles.